The van der Waals surface area contributed by atoms with E-state index in [-0.39, 0.29) is 17.6 Å². The van der Waals surface area contributed by atoms with Gasteiger partial charge in [0.25, 0.3) is 0 Å². The van der Waals surface area contributed by atoms with E-state index in [2.05, 4.69) is 10.2 Å². The zero-order chi connectivity index (χ0) is 12.7. The molecule has 2 N–H and O–H groups in total. The number of phenols is 1. The molecule has 3 nitrogen and oxygen atoms in total. The minimum absolute atomic E-state index is 0.0753. The lowest BCUT2D eigenvalue weighted by Crippen LogP contribution is -2.28. The molecule has 2 saturated heterocycles. The summed E-state index contributed by atoms with van der Waals surface area (Å²) in [5, 5.41) is 13.3. The molecule has 0 saturated carbocycles. The van der Waals surface area contributed by atoms with Gasteiger partial charge in [0.2, 0.25) is 0 Å². The Hall–Kier alpha value is -1.13. The Bertz CT molecular complexity index is 439. The molecule has 0 spiro atoms. The Morgan fingerprint density at radius 3 is 2.67 bits per heavy atom. The number of hydrogen-bond donors (Lipinski definition) is 2. The number of halogens is 1. The maximum atomic E-state index is 13.3. The SMILES string of the molecule is CC(c1cc(F)ccc1O)N1C[C@H]2CNC[C@H]2C1. The van der Waals surface area contributed by atoms with Gasteiger partial charge in [-0.2, -0.15) is 0 Å². The van der Waals surface area contributed by atoms with Crippen molar-refractivity contribution in [2.24, 2.45) is 11.8 Å². The number of phenolic OH excluding ortho intramolecular Hbond substituents is 1. The van der Waals surface area contributed by atoms with E-state index in [0.717, 1.165) is 26.2 Å². The third-order valence-corrected chi connectivity index (χ3v) is 4.41. The third-order valence-electron chi connectivity index (χ3n) is 4.41. The van der Waals surface area contributed by atoms with Crippen molar-refractivity contribution in [3.05, 3.63) is 29.6 Å². The van der Waals surface area contributed by atoms with Gasteiger partial charge in [-0.3, -0.25) is 4.90 Å². The van der Waals surface area contributed by atoms with E-state index < -0.39 is 0 Å². The molecule has 1 aromatic carbocycles. The molecule has 4 heteroatoms. The molecule has 0 aromatic heterocycles. The number of benzene rings is 1. The number of nitrogens with one attached hydrogen (secondary N) is 1. The average molecular weight is 250 g/mol. The van der Waals surface area contributed by atoms with Crippen molar-refractivity contribution >= 4 is 0 Å². The molecule has 18 heavy (non-hydrogen) atoms. The monoisotopic (exact) mass is 250 g/mol. The summed E-state index contributed by atoms with van der Waals surface area (Å²) in [7, 11) is 0. The molecule has 0 bridgehead atoms. The molecule has 3 rings (SSSR count). The van der Waals surface area contributed by atoms with Gasteiger partial charge in [-0.05, 0) is 50.0 Å². The predicted molar refractivity (Wildman–Crippen MR) is 67.9 cm³/mol. The summed E-state index contributed by atoms with van der Waals surface area (Å²) in [4.78, 5) is 2.35. The van der Waals surface area contributed by atoms with Crippen LogP contribution in [0.15, 0.2) is 18.2 Å². The fourth-order valence-corrected chi connectivity index (χ4v) is 3.26. The van der Waals surface area contributed by atoms with E-state index >= 15 is 0 Å². The van der Waals surface area contributed by atoms with Crippen LogP contribution in [0.5, 0.6) is 5.75 Å². The summed E-state index contributed by atoms with van der Waals surface area (Å²) in [6.45, 7) is 6.29. The van der Waals surface area contributed by atoms with E-state index in [1.54, 1.807) is 0 Å². The Balaban J connectivity index is 1.78. The molecule has 2 heterocycles. The number of likely N-dealkylation sites (tertiary alicyclic amines) is 1. The highest BCUT2D eigenvalue weighted by molar-refractivity contribution is 5.35. The number of fused-ring (bicyclic) bond motifs is 1. The van der Waals surface area contributed by atoms with Gasteiger partial charge in [-0.15, -0.1) is 0 Å². The Labute approximate surface area is 107 Å². The summed E-state index contributed by atoms with van der Waals surface area (Å²) >= 11 is 0. The maximum Gasteiger partial charge on any atom is 0.123 e. The van der Waals surface area contributed by atoms with Gasteiger partial charge in [0.1, 0.15) is 11.6 Å². The van der Waals surface area contributed by atoms with Crippen LogP contribution in [0, 0.1) is 17.7 Å². The van der Waals surface area contributed by atoms with Crippen molar-refractivity contribution in [1.82, 2.24) is 10.2 Å². The number of hydrogen-bond acceptors (Lipinski definition) is 3. The van der Waals surface area contributed by atoms with Crippen molar-refractivity contribution in [3.63, 3.8) is 0 Å². The van der Waals surface area contributed by atoms with Crippen molar-refractivity contribution in [2.75, 3.05) is 26.2 Å². The summed E-state index contributed by atoms with van der Waals surface area (Å²) in [5.41, 5.74) is 0.697. The van der Waals surface area contributed by atoms with Crippen molar-refractivity contribution in [3.8, 4) is 5.75 Å². The number of nitrogens with zero attached hydrogens (tertiary/aromatic N) is 1. The number of rotatable bonds is 2. The molecule has 2 fully saturated rings. The predicted octanol–water partition coefficient (Wildman–Crippen LogP) is 1.74. The van der Waals surface area contributed by atoms with Crippen LogP contribution in [-0.2, 0) is 0 Å². The molecule has 0 radical (unpaired) electrons. The molecule has 0 amide bonds. The number of aromatic hydroxyl groups is 1. The van der Waals surface area contributed by atoms with Crippen molar-refractivity contribution < 1.29 is 9.50 Å². The van der Waals surface area contributed by atoms with Gasteiger partial charge >= 0.3 is 0 Å². The zero-order valence-corrected chi connectivity index (χ0v) is 10.6. The smallest absolute Gasteiger partial charge is 0.123 e. The minimum atomic E-state index is -0.282. The van der Waals surface area contributed by atoms with E-state index in [1.807, 2.05) is 6.92 Å². The summed E-state index contributed by atoms with van der Waals surface area (Å²) in [6, 6.07) is 4.27. The van der Waals surface area contributed by atoms with Crippen LogP contribution in [0.1, 0.15) is 18.5 Å². The second kappa shape index (κ2) is 4.52. The van der Waals surface area contributed by atoms with Crippen LogP contribution in [0.4, 0.5) is 4.39 Å². The topological polar surface area (TPSA) is 35.5 Å². The lowest BCUT2D eigenvalue weighted by Gasteiger charge is -2.26. The lowest BCUT2D eigenvalue weighted by atomic mass is 10.0. The van der Waals surface area contributed by atoms with Crippen LogP contribution in [-0.4, -0.2) is 36.2 Å². The van der Waals surface area contributed by atoms with E-state index in [4.69, 9.17) is 0 Å². The fourth-order valence-electron chi connectivity index (χ4n) is 3.26. The highest BCUT2D eigenvalue weighted by Crippen LogP contribution is 2.35. The van der Waals surface area contributed by atoms with Crippen molar-refractivity contribution in [1.29, 1.82) is 0 Å². The van der Waals surface area contributed by atoms with Crippen LogP contribution >= 0.6 is 0 Å². The molecule has 2 aliphatic rings. The highest BCUT2D eigenvalue weighted by atomic mass is 19.1. The Morgan fingerprint density at radius 2 is 2.00 bits per heavy atom. The van der Waals surface area contributed by atoms with Crippen LogP contribution < -0.4 is 5.32 Å². The molecule has 0 aliphatic carbocycles. The van der Waals surface area contributed by atoms with Gasteiger partial charge in [-0.25, -0.2) is 4.39 Å². The molecule has 1 unspecified atom stereocenters. The second-order valence-electron chi connectivity index (χ2n) is 5.51. The standard InChI is InChI=1S/C14H19FN2O/c1-9(13-4-12(15)2-3-14(13)18)17-7-10-5-16-6-11(10)8-17/h2-4,9-11,16,18H,5-8H2,1H3/t9?,10-,11+. The van der Waals surface area contributed by atoms with Gasteiger partial charge in [0, 0.05) is 24.7 Å². The molecular formula is C14H19FN2O. The molecule has 1 aromatic rings. The first-order chi connectivity index (χ1) is 8.65. The van der Waals surface area contributed by atoms with Gasteiger partial charge < -0.3 is 10.4 Å². The first-order valence-corrected chi connectivity index (χ1v) is 6.58. The zero-order valence-electron chi connectivity index (χ0n) is 10.6. The molecule has 98 valence electrons. The Morgan fingerprint density at radius 1 is 1.33 bits per heavy atom. The van der Waals surface area contributed by atoms with Gasteiger partial charge in [0.15, 0.2) is 0 Å². The van der Waals surface area contributed by atoms with E-state index in [9.17, 15) is 9.50 Å². The quantitative estimate of drug-likeness (QED) is 0.839. The van der Waals surface area contributed by atoms with Crippen LogP contribution in [0.3, 0.4) is 0 Å². The average Bonchev–Trinajstić information content (AvgIpc) is 2.91. The van der Waals surface area contributed by atoms with E-state index in [1.165, 1.54) is 18.2 Å². The van der Waals surface area contributed by atoms with Crippen LogP contribution in [0.2, 0.25) is 0 Å². The fraction of sp³-hybridized carbons (Fsp3) is 0.571. The first-order valence-electron chi connectivity index (χ1n) is 6.58. The van der Waals surface area contributed by atoms with E-state index in [0.29, 0.717) is 17.4 Å². The van der Waals surface area contributed by atoms with Crippen LogP contribution in [0.25, 0.3) is 0 Å². The summed E-state index contributed by atoms with van der Waals surface area (Å²) in [6.07, 6.45) is 0. The highest BCUT2D eigenvalue weighted by Gasteiger charge is 2.38. The first kappa shape index (κ1) is 11.9. The van der Waals surface area contributed by atoms with Gasteiger partial charge in [0.05, 0.1) is 0 Å². The van der Waals surface area contributed by atoms with Crippen molar-refractivity contribution in [2.45, 2.75) is 13.0 Å². The van der Waals surface area contributed by atoms with Gasteiger partial charge in [-0.1, -0.05) is 0 Å². The largest absolute Gasteiger partial charge is 0.508 e. The molecule has 3 atom stereocenters. The molecule has 2 aliphatic heterocycles. The Kier molecular flexibility index (Phi) is 2.99. The lowest BCUT2D eigenvalue weighted by molar-refractivity contribution is 0.239. The molecular weight excluding hydrogens is 231 g/mol. The summed E-state index contributed by atoms with van der Waals surface area (Å²) in [5.74, 6) is 1.33. The summed E-state index contributed by atoms with van der Waals surface area (Å²) < 4.78 is 13.3. The third kappa shape index (κ3) is 1.99. The minimum Gasteiger partial charge on any atom is -0.508 e. The maximum absolute atomic E-state index is 13.3. The second-order valence-corrected chi connectivity index (χ2v) is 5.51. The normalized spacial score (nSPS) is 29.4.